The zero-order valence-electron chi connectivity index (χ0n) is 11.5. The van der Waals surface area contributed by atoms with E-state index in [9.17, 15) is 0 Å². The topological polar surface area (TPSA) is 42.1 Å². The predicted octanol–water partition coefficient (Wildman–Crippen LogP) is 2.03. The molecule has 18 heavy (non-hydrogen) atoms. The van der Waals surface area contributed by atoms with Gasteiger partial charge in [0.05, 0.1) is 0 Å². The Morgan fingerprint density at radius 3 is 2.72 bits per heavy atom. The van der Waals surface area contributed by atoms with Crippen molar-refractivity contribution in [1.29, 1.82) is 0 Å². The van der Waals surface area contributed by atoms with E-state index in [1.54, 1.807) is 0 Å². The average molecular weight is 267 g/mol. The minimum Gasteiger partial charge on any atom is -0.329 e. The van der Waals surface area contributed by atoms with Gasteiger partial charge >= 0.3 is 0 Å². The van der Waals surface area contributed by atoms with Crippen molar-refractivity contribution in [2.45, 2.75) is 25.3 Å². The van der Waals surface area contributed by atoms with Crippen molar-refractivity contribution in [2.24, 2.45) is 5.73 Å². The van der Waals surface area contributed by atoms with Crippen LogP contribution in [0.15, 0.2) is 24.5 Å². The van der Waals surface area contributed by atoms with Gasteiger partial charge in [0.25, 0.3) is 0 Å². The Hall–Kier alpha value is -0.580. The first-order valence-corrected chi connectivity index (χ1v) is 7.95. The summed E-state index contributed by atoms with van der Waals surface area (Å²) in [5.41, 5.74) is 7.21. The van der Waals surface area contributed by atoms with Crippen LogP contribution in [0.4, 0.5) is 0 Å². The molecule has 1 aromatic heterocycles. The molecule has 1 unspecified atom stereocenters. The normalized spacial score (nSPS) is 12.9. The number of likely N-dealkylation sites (N-methyl/N-ethyl adjacent to an activating group) is 1. The number of hydrogen-bond donors (Lipinski definition) is 1. The van der Waals surface area contributed by atoms with Gasteiger partial charge in [0.15, 0.2) is 0 Å². The Balaban J connectivity index is 2.30. The molecule has 0 radical (unpaired) electrons. The van der Waals surface area contributed by atoms with Crippen molar-refractivity contribution < 1.29 is 0 Å². The van der Waals surface area contributed by atoms with Crippen LogP contribution >= 0.6 is 11.8 Å². The monoisotopic (exact) mass is 267 g/mol. The molecule has 1 aromatic rings. The molecule has 0 aromatic carbocycles. The molecule has 1 rings (SSSR count). The highest BCUT2D eigenvalue weighted by Gasteiger charge is 2.12. The summed E-state index contributed by atoms with van der Waals surface area (Å²) in [4.78, 5) is 6.43. The third kappa shape index (κ3) is 5.85. The maximum atomic E-state index is 5.87. The molecule has 1 atom stereocenters. The van der Waals surface area contributed by atoms with Crippen LogP contribution in [0.2, 0.25) is 0 Å². The number of rotatable bonds is 9. The molecule has 0 amide bonds. The smallest absolute Gasteiger partial charge is 0.0270 e. The molecule has 0 aliphatic rings. The van der Waals surface area contributed by atoms with Gasteiger partial charge in [-0.15, -0.1) is 0 Å². The van der Waals surface area contributed by atoms with E-state index in [-0.39, 0.29) is 0 Å². The third-order valence-corrected chi connectivity index (χ3v) is 3.98. The standard InChI is InChI=1S/C14H25N3S/c1-17(14(12-15)4-3-11-18-2)10-7-13-5-8-16-9-6-13/h5-6,8-9,14H,3-4,7,10-12,15H2,1-2H3. The van der Waals surface area contributed by atoms with Crippen LogP contribution in [0.3, 0.4) is 0 Å². The predicted molar refractivity (Wildman–Crippen MR) is 81.0 cm³/mol. The van der Waals surface area contributed by atoms with E-state index < -0.39 is 0 Å². The second-order valence-electron chi connectivity index (χ2n) is 4.61. The second kappa shape index (κ2) is 9.36. The van der Waals surface area contributed by atoms with Gasteiger partial charge in [0, 0.05) is 31.5 Å². The summed E-state index contributed by atoms with van der Waals surface area (Å²) in [7, 11) is 2.18. The third-order valence-electron chi connectivity index (χ3n) is 3.28. The molecule has 0 spiro atoms. The van der Waals surface area contributed by atoms with Crippen LogP contribution in [0, 0.1) is 0 Å². The largest absolute Gasteiger partial charge is 0.329 e. The summed E-state index contributed by atoms with van der Waals surface area (Å²) >= 11 is 1.91. The fraction of sp³-hybridized carbons (Fsp3) is 0.643. The van der Waals surface area contributed by atoms with Crippen molar-refractivity contribution >= 4 is 11.8 Å². The van der Waals surface area contributed by atoms with Gasteiger partial charge in [-0.05, 0) is 56.0 Å². The Morgan fingerprint density at radius 2 is 2.11 bits per heavy atom. The summed E-state index contributed by atoms with van der Waals surface area (Å²) in [5.74, 6) is 1.23. The summed E-state index contributed by atoms with van der Waals surface area (Å²) in [5, 5.41) is 0. The number of nitrogens with zero attached hydrogens (tertiary/aromatic N) is 2. The van der Waals surface area contributed by atoms with E-state index in [0.29, 0.717) is 6.04 Å². The molecule has 0 saturated heterocycles. The lowest BCUT2D eigenvalue weighted by Crippen LogP contribution is -2.39. The van der Waals surface area contributed by atoms with Gasteiger partial charge < -0.3 is 10.6 Å². The number of nitrogens with two attached hydrogens (primary N) is 1. The van der Waals surface area contributed by atoms with Gasteiger partial charge in [0.2, 0.25) is 0 Å². The SMILES string of the molecule is CSCCCC(CN)N(C)CCc1ccncc1. The zero-order chi connectivity index (χ0) is 13.2. The lowest BCUT2D eigenvalue weighted by atomic mass is 10.1. The van der Waals surface area contributed by atoms with E-state index in [2.05, 4.69) is 35.3 Å². The fourth-order valence-electron chi connectivity index (χ4n) is 2.02. The van der Waals surface area contributed by atoms with E-state index in [1.165, 1.54) is 24.2 Å². The molecule has 1 heterocycles. The van der Waals surface area contributed by atoms with Gasteiger partial charge in [-0.2, -0.15) is 11.8 Å². The number of hydrogen-bond acceptors (Lipinski definition) is 4. The van der Waals surface area contributed by atoms with Gasteiger partial charge in [-0.25, -0.2) is 0 Å². The van der Waals surface area contributed by atoms with Crippen LogP contribution in [0.25, 0.3) is 0 Å². The van der Waals surface area contributed by atoms with Crippen LogP contribution in [-0.2, 0) is 6.42 Å². The minimum atomic E-state index is 0.513. The molecule has 3 nitrogen and oxygen atoms in total. The molecule has 4 heteroatoms. The zero-order valence-corrected chi connectivity index (χ0v) is 12.3. The number of pyridine rings is 1. The maximum absolute atomic E-state index is 5.87. The van der Waals surface area contributed by atoms with E-state index >= 15 is 0 Å². The van der Waals surface area contributed by atoms with E-state index in [4.69, 9.17) is 5.73 Å². The Labute approximate surface area is 115 Å². The van der Waals surface area contributed by atoms with Crippen molar-refractivity contribution in [1.82, 2.24) is 9.88 Å². The van der Waals surface area contributed by atoms with Crippen LogP contribution in [-0.4, -0.2) is 48.1 Å². The Morgan fingerprint density at radius 1 is 1.39 bits per heavy atom. The molecule has 0 aliphatic carbocycles. The summed E-state index contributed by atoms with van der Waals surface area (Å²) in [6, 6.07) is 4.68. The average Bonchev–Trinajstić information content (AvgIpc) is 2.42. The highest BCUT2D eigenvalue weighted by molar-refractivity contribution is 7.98. The minimum absolute atomic E-state index is 0.513. The summed E-state index contributed by atoms with van der Waals surface area (Å²) in [6.07, 6.45) is 9.39. The van der Waals surface area contributed by atoms with Crippen molar-refractivity contribution in [3.8, 4) is 0 Å². The maximum Gasteiger partial charge on any atom is 0.0270 e. The van der Waals surface area contributed by atoms with Gasteiger partial charge in [0.1, 0.15) is 0 Å². The highest BCUT2D eigenvalue weighted by Crippen LogP contribution is 2.08. The van der Waals surface area contributed by atoms with Gasteiger partial charge in [-0.3, -0.25) is 4.98 Å². The molecule has 102 valence electrons. The molecule has 0 bridgehead atoms. The lowest BCUT2D eigenvalue weighted by molar-refractivity contribution is 0.237. The molecular formula is C14H25N3S. The van der Waals surface area contributed by atoms with Crippen LogP contribution < -0.4 is 5.73 Å². The first kappa shape index (κ1) is 15.5. The summed E-state index contributed by atoms with van der Waals surface area (Å²) in [6.45, 7) is 1.81. The Kier molecular flexibility index (Phi) is 8.05. The molecule has 2 N–H and O–H groups in total. The molecule has 0 fully saturated rings. The Bertz CT molecular complexity index is 305. The highest BCUT2D eigenvalue weighted by atomic mass is 32.2. The fourth-order valence-corrected chi connectivity index (χ4v) is 2.47. The van der Waals surface area contributed by atoms with Crippen molar-refractivity contribution in [3.05, 3.63) is 30.1 Å². The molecule has 0 saturated carbocycles. The molecule has 0 aliphatic heterocycles. The second-order valence-corrected chi connectivity index (χ2v) is 5.60. The van der Waals surface area contributed by atoms with E-state index in [0.717, 1.165) is 19.5 Å². The quantitative estimate of drug-likeness (QED) is 0.695. The number of thioether (sulfide) groups is 1. The number of aromatic nitrogens is 1. The van der Waals surface area contributed by atoms with Crippen molar-refractivity contribution in [3.63, 3.8) is 0 Å². The van der Waals surface area contributed by atoms with Gasteiger partial charge in [-0.1, -0.05) is 0 Å². The first-order chi connectivity index (χ1) is 8.77. The summed E-state index contributed by atoms with van der Waals surface area (Å²) < 4.78 is 0. The lowest BCUT2D eigenvalue weighted by Gasteiger charge is -2.27. The van der Waals surface area contributed by atoms with Crippen LogP contribution in [0.5, 0.6) is 0 Å². The first-order valence-electron chi connectivity index (χ1n) is 6.56. The molecular weight excluding hydrogens is 242 g/mol. The van der Waals surface area contributed by atoms with E-state index in [1.807, 2.05) is 24.2 Å². The van der Waals surface area contributed by atoms with Crippen molar-refractivity contribution in [2.75, 3.05) is 32.1 Å². The van der Waals surface area contributed by atoms with Crippen LogP contribution in [0.1, 0.15) is 18.4 Å².